The minimum Gasteiger partial charge on any atom is -0.396 e. The Morgan fingerprint density at radius 2 is 1.18 bits per heavy atom. The molecule has 44 heavy (non-hydrogen) atoms. The summed E-state index contributed by atoms with van der Waals surface area (Å²) in [5, 5.41) is 9.69. The minimum atomic E-state index is -0.0463. The van der Waals surface area contributed by atoms with Gasteiger partial charge in [0.15, 0.2) is 0 Å². The summed E-state index contributed by atoms with van der Waals surface area (Å²) in [6.45, 7) is 17.1. The minimum absolute atomic E-state index is 0.0463. The van der Waals surface area contributed by atoms with Crippen LogP contribution in [0.4, 0.5) is 11.4 Å². The maximum Gasteiger partial charge on any atom is 0.206 e. The van der Waals surface area contributed by atoms with Gasteiger partial charge in [-0.1, -0.05) is 90.1 Å². The van der Waals surface area contributed by atoms with Crippen LogP contribution in [-0.4, -0.2) is 48.7 Å². The van der Waals surface area contributed by atoms with Crippen LogP contribution in [0.15, 0.2) is 95.4 Å². The molecule has 4 heteroatoms. The first-order valence-electron chi connectivity index (χ1n) is 16.9. The second kappa shape index (κ2) is 13.3. The number of aliphatic hydroxyl groups is 1. The number of nitrogens with zero attached hydrogens (tertiary/aromatic N) is 3. The zero-order valence-electron chi connectivity index (χ0n) is 28.3. The molecule has 2 heterocycles. The molecule has 1 fully saturated rings. The molecule has 2 aromatic rings. The first-order valence-corrected chi connectivity index (χ1v) is 16.9. The summed E-state index contributed by atoms with van der Waals surface area (Å²) in [6.07, 6.45) is 15.9. The number of benzene rings is 2. The lowest BCUT2D eigenvalue weighted by molar-refractivity contribution is -0.497. The fraction of sp³-hybridized carbons (Fsp3) is 0.475. The molecule has 2 aliphatic heterocycles. The van der Waals surface area contributed by atoms with Crippen molar-refractivity contribution in [3.63, 3.8) is 0 Å². The van der Waals surface area contributed by atoms with Gasteiger partial charge in [0.2, 0.25) is 5.71 Å². The summed E-state index contributed by atoms with van der Waals surface area (Å²) in [7, 11) is 2.20. The van der Waals surface area contributed by atoms with Crippen molar-refractivity contribution in [3.8, 4) is 0 Å². The molecule has 5 rings (SSSR count). The average Bonchev–Trinajstić information content (AvgIpc) is 3.36. The summed E-state index contributed by atoms with van der Waals surface area (Å²) in [5.74, 6) is 0. The van der Waals surface area contributed by atoms with Gasteiger partial charge in [0, 0.05) is 70.9 Å². The highest BCUT2D eigenvalue weighted by Crippen LogP contribution is 2.49. The van der Waals surface area contributed by atoms with Gasteiger partial charge in [-0.2, -0.15) is 0 Å². The molecular weight excluding hydrogens is 538 g/mol. The molecular formula is C40H54N3O+. The van der Waals surface area contributed by atoms with E-state index in [1.165, 1.54) is 50.8 Å². The van der Waals surface area contributed by atoms with Crippen LogP contribution in [0.2, 0.25) is 0 Å². The molecule has 0 aromatic heterocycles. The van der Waals surface area contributed by atoms with Crippen molar-refractivity contribution in [1.29, 1.82) is 0 Å². The topological polar surface area (TPSA) is 29.7 Å². The SMILES string of the molecule is CCCN1/C(=C\C=C2\CCC/C(=C\C=C3\N(CCC)c4ccccc4C3(C)C)C2=[N+](C)CCCO)C(C)(C)c2ccccc21. The smallest absolute Gasteiger partial charge is 0.206 e. The zero-order valence-corrected chi connectivity index (χ0v) is 28.3. The van der Waals surface area contributed by atoms with Crippen molar-refractivity contribution < 1.29 is 9.68 Å². The number of allylic oxidation sites excluding steroid dienone is 8. The molecule has 2 aromatic carbocycles. The van der Waals surface area contributed by atoms with E-state index in [2.05, 4.69) is 136 Å². The quantitative estimate of drug-likeness (QED) is 0.296. The van der Waals surface area contributed by atoms with Gasteiger partial charge in [0.1, 0.15) is 13.6 Å². The van der Waals surface area contributed by atoms with Crippen LogP contribution >= 0.6 is 0 Å². The Morgan fingerprint density at radius 3 is 1.61 bits per heavy atom. The molecule has 0 amide bonds. The molecule has 1 aliphatic carbocycles. The number of hydrogen-bond donors (Lipinski definition) is 1. The fourth-order valence-corrected chi connectivity index (χ4v) is 7.72. The van der Waals surface area contributed by atoms with Crippen LogP contribution in [0.25, 0.3) is 0 Å². The van der Waals surface area contributed by atoms with Gasteiger partial charge in [-0.15, -0.1) is 0 Å². The van der Waals surface area contributed by atoms with Crippen molar-refractivity contribution >= 4 is 17.1 Å². The van der Waals surface area contributed by atoms with E-state index in [1.54, 1.807) is 0 Å². The molecule has 3 aliphatic rings. The summed E-state index contributed by atoms with van der Waals surface area (Å²) < 4.78 is 2.39. The van der Waals surface area contributed by atoms with Gasteiger partial charge in [0.05, 0.1) is 0 Å². The van der Waals surface area contributed by atoms with E-state index in [9.17, 15) is 5.11 Å². The van der Waals surface area contributed by atoms with E-state index in [4.69, 9.17) is 0 Å². The maximum atomic E-state index is 9.69. The summed E-state index contributed by atoms with van der Waals surface area (Å²) >= 11 is 0. The summed E-state index contributed by atoms with van der Waals surface area (Å²) in [6, 6.07) is 17.8. The number of aliphatic hydroxyl groups excluding tert-OH is 1. The Labute approximate surface area is 266 Å². The molecule has 1 N–H and O–H groups in total. The first kappa shape index (κ1) is 32.0. The third kappa shape index (κ3) is 5.86. The van der Waals surface area contributed by atoms with E-state index >= 15 is 0 Å². The molecule has 0 atom stereocenters. The van der Waals surface area contributed by atoms with Crippen molar-refractivity contribution in [1.82, 2.24) is 0 Å². The van der Waals surface area contributed by atoms with Gasteiger partial charge in [-0.3, -0.25) is 0 Å². The van der Waals surface area contributed by atoms with Crippen molar-refractivity contribution in [3.05, 3.63) is 107 Å². The van der Waals surface area contributed by atoms with Crippen LogP contribution in [0.1, 0.15) is 91.2 Å². The monoisotopic (exact) mass is 592 g/mol. The number of fused-ring (bicyclic) bond motifs is 2. The Bertz CT molecular complexity index is 1410. The van der Waals surface area contributed by atoms with E-state index in [0.717, 1.165) is 58.2 Å². The Kier molecular flexibility index (Phi) is 9.70. The maximum absolute atomic E-state index is 9.69. The second-order valence-electron chi connectivity index (χ2n) is 13.8. The number of hydrogen-bond acceptors (Lipinski definition) is 3. The third-order valence-corrected chi connectivity index (χ3v) is 9.91. The Hall–Kier alpha value is -3.37. The first-order chi connectivity index (χ1) is 21.2. The molecule has 0 spiro atoms. The fourth-order valence-electron chi connectivity index (χ4n) is 7.72. The predicted molar refractivity (Wildman–Crippen MR) is 188 cm³/mol. The van der Waals surface area contributed by atoms with E-state index in [-0.39, 0.29) is 17.4 Å². The molecule has 0 saturated heterocycles. The summed E-state index contributed by atoms with van der Waals surface area (Å²) in [5.41, 5.74) is 12.3. The summed E-state index contributed by atoms with van der Waals surface area (Å²) in [4.78, 5) is 5.07. The van der Waals surface area contributed by atoms with Gasteiger partial charge in [-0.05, 0) is 67.5 Å². The molecule has 0 bridgehead atoms. The lowest BCUT2D eigenvalue weighted by atomic mass is 9.82. The van der Waals surface area contributed by atoms with Gasteiger partial charge in [-0.25, -0.2) is 4.58 Å². The molecule has 234 valence electrons. The molecule has 0 unspecified atom stereocenters. The van der Waals surface area contributed by atoms with Crippen LogP contribution < -0.4 is 9.80 Å². The zero-order chi connectivity index (χ0) is 31.5. The van der Waals surface area contributed by atoms with Crippen molar-refractivity contribution in [2.75, 3.05) is 43.1 Å². The second-order valence-corrected chi connectivity index (χ2v) is 13.8. The number of rotatable bonds is 9. The van der Waals surface area contributed by atoms with E-state index in [0.29, 0.717) is 0 Å². The standard InChI is InChI=1S/C40H54N3O/c1-8-26-42-34-20-12-10-18-32(34)39(3,4)36(42)24-22-30-16-14-17-31(38(30)41(7)28-15-29-44)23-25-37-40(5,6)33-19-11-13-21-35(33)43(37)27-9-2/h10-13,18-25,44H,8-9,14-17,26-29H2,1-7H3/q+1. The van der Waals surface area contributed by atoms with Gasteiger partial charge >= 0.3 is 0 Å². The average molecular weight is 593 g/mol. The van der Waals surface area contributed by atoms with Crippen LogP contribution in [-0.2, 0) is 10.8 Å². The lowest BCUT2D eigenvalue weighted by Gasteiger charge is -2.27. The van der Waals surface area contributed by atoms with Crippen LogP contribution in [0.5, 0.6) is 0 Å². The number of para-hydroxylation sites is 2. The van der Waals surface area contributed by atoms with Gasteiger partial charge in [0.25, 0.3) is 0 Å². The third-order valence-electron chi connectivity index (χ3n) is 9.91. The highest BCUT2D eigenvalue weighted by molar-refractivity contribution is 6.10. The van der Waals surface area contributed by atoms with Crippen LogP contribution in [0.3, 0.4) is 0 Å². The Balaban J connectivity index is 1.58. The Morgan fingerprint density at radius 1 is 0.727 bits per heavy atom. The van der Waals surface area contributed by atoms with Gasteiger partial charge < -0.3 is 14.9 Å². The van der Waals surface area contributed by atoms with Crippen molar-refractivity contribution in [2.45, 2.75) is 90.9 Å². The van der Waals surface area contributed by atoms with E-state index < -0.39 is 0 Å². The van der Waals surface area contributed by atoms with E-state index in [1.807, 2.05) is 0 Å². The van der Waals surface area contributed by atoms with Crippen molar-refractivity contribution in [2.24, 2.45) is 0 Å². The molecule has 0 radical (unpaired) electrons. The highest BCUT2D eigenvalue weighted by atomic mass is 16.3. The lowest BCUT2D eigenvalue weighted by Crippen LogP contribution is -2.28. The largest absolute Gasteiger partial charge is 0.396 e. The normalized spacial score (nSPS) is 23.6. The molecule has 4 nitrogen and oxygen atoms in total. The molecule has 1 saturated carbocycles. The van der Waals surface area contributed by atoms with Crippen LogP contribution in [0, 0.1) is 0 Å². The predicted octanol–water partition coefficient (Wildman–Crippen LogP) is 8.67. The highest BCUT2D eigenvalue weighted by Gasteiger charge is 2.40. The number of anilines is 2.